The molecule has 1 aliphatic rings. The van der Waals surface area contributed by atoms with Gasteiger partial charge in [-0.3, -0.25) is 0 Å². The molecule has 3 rings (SSSR count). The Bertz CT molecular complexity index is 690. The molecule has 0 amide bonds. The van der Waals surface area contributed by atoms with Gasteiger partial charge in [0.1, 0.15) is 18.0 Å². The Hall–Kier alpha value is -2.15. The lowest BCUT2D eigenvalue weighted by molar-refractivity contribution is 0.146. The van der Waals surface area contributed by atoms with Crippen molar-refractivity contribution in [3.63, 3.8) is 0 Å². The van der Waals surface area contributed by atoms with Crippen LogP contribution in [0.2, 0.25) is 0 Å². The van der Waals surface area contributed by atoms with Gasteiger partial charge in [0.05, 0.1) is 17.3 Å². The van der Waals surface area contributed by atoms with E-state index < -0.39 is 23.8 Å². The number of hydrogen-bond acceptors (Lipinski definition) is 4. The smallest absolute Gasteiger partial charge is 0.266 e. The number of rotatable bonds is 4. The molecule has 2 heterocycles. The highest BCUT2D eigenvalue weighted by Crippen LogP contribution is 2.29. The minimum atomic E-state index is -2.83. The molecule has 22 heavy (non-hydrogen) atoms. The summed E-state index contributed by atoms with van der Waals surface area (Å²) in [4.78, 5) is 8.34. The maximum atomic E-state index is 14.2. The topological polar surface area (TPSA) is 49.8 Å². The normalized spacial score (nSPS) is 15.0. The van der Waals surface area contributed by atoms with E-state index in [-0.39, 0.29) is 5.56 Å². The lowest BCUT2D eigenvalue weighted by Crippen LogP contribution is -2.13. The Labute approximate surface area is 125 Å². The summed E-state index contributed by atoms with van der Waals surface area (Å²) in [6.45, 7) is 3.01. The van der Waals surface area contributed by atoms with Crippen molar-refractivity contribution in [2.24, 2.45) is 0 Å². The Morgan fingerprint density at radius 1 is 1.18 bits per heavy atom. The number of nitrogens with zero attached hydrogens (tertiary/aromatic N) is 2. The highest BCUT2D eigenvalue weighted by molar-refractivity contribution is 5.49. The fourth-order valence-corrected chi connectivity index (χ4v) is 2.57. The average molecular weight is 308 g/mol. The average Bonchev–Trinajstić information content (AvgIpc) is 2.96. The first-order valence-electron chi connectivity index (χ1n) is 6.94. The summed E-state index contributed by atoms with van der Waals surface area (Å²) in [6, 6.07) is 3.55. The van der Waals surface area contributed by atoms with Crippen LogP contribution < -0.4 is 10.6 Å². The number of anilines is 1. The van der Waals surface area contributed by atoms with Crippen LogP contribution in [0.4, 0.5) is 19.0 Å². The van der Waals surface area contributed by atoms with Gasteiger partial charge in [-0.15, -0.1) is 0 Å². The molecule has 7 heteroatoms. The third kappa shape index (κ3) is 2.64. The van der Waals surface area contributed by atoms with Crippen LogP contribution >= 0.6 is 0 Å². The van der Waals surface area contributed by atoms with E-state index in [0.29, 0.717) is 18.9 Å². The second kappa shape index (κ2) is 5.92. The van der Waals surface area contributed by atoms with Crippen molar-refractivity contribution in [3.05, 3.63) is 52.7 Å². The number of alkyl halides is 2. The molecule has 0 fully saturated rings. The Morgan fingerprint density at radius 3 is 2.73 bits per heavy atom. The van der Waals surface area contributed by atoms with Crippen molar-refractivity contribution in [3.8, 4) is 0 Å². The number of halogens is 3. The summed E-state index contributed by atoms with van der Waals surface area (Å²) in [5.74, 6) is -0.273. The van der Waals surface area contributed by atoms with Gasteiger partial charge >= 0.3 is 0 Å². The summed E-state index contributed by atoms with van der Waals surface area (Å²) in [5.41, 5.74) is 1.43. The summed E-state index contributed by atoms with van der Waals surface area (Å²) in [5, 5.41) is 6.25. The minimum absolute atomic E-state index is 0.191. The van der Waals surface area contributed by atoms with Crippen molar-refractivity contribution in [2.75, 3.05) is 5.32 Å². The molecular formula is C15H15F3N4. The maximum absolute atomic E-state index is 14.2. The van der Waals surface area contributed by atoms with Crippen LogP contribution in [0.25, 0.3) is 0 Å². The number of aromatic nitrogens is 2. The van der Waals surface area contributed by atoms with Crippen molar-refractivity contribution in [1.29, 1.82) is 0 Å². The molecule has 116 valence electrons. The van der Waals surface area contributed by atoms with E-state index >= 15 is 0 Å². The van der Waals surface area contributed by atoms with Gasteiger partial charge < -0.3 is 10.6 Å². The van der Waals surface area contributed by atoms with E-state index in [9.17, 15) is 13.2 Å². The number of hydrogen-bond donors (Lipinski definition) is 2. The maximum Gasteiger partial charge on any atom is 0.266 e. The van der Waals surface area contributed by atoms with Gasteiger partial charge in [0.25, 0.3) is 6.43 Å². The van der Waals surface area contributed by atoms with Gasteiger partial charge in [-0.2, -0.15) is 0 Å². The molecular weight excluding hydrogens is 293 g/mol. The standard InChI is InChI=1S/C15H15F3N4/c1-8(9-3-2-4-10(13(9)16)14(17)18)22-15-11-5-19-6-12(11)20-7-21-15/h2-4,7-8,14,19H,5-6H2,1H3,(H,20,21,22)/t8-/m1/s1. The van der Waals surface area contributed by atoms with Crippen LogP contribution in [0.1, 0.15) is 41.8 Å². The molecule has 2 aromatic rings. The largest absolute Gasteiger partial charge is 0.363 e. The fraction of sp³-hybridized carbons (Fsp3) is 0.333. The molecule has 0 spiro atoms. The summed E-state index contributed by atoms with van der Waals surface area (Å²) in [7, 11) is 0. The van der Waals surface area contributed by atoms with E-state index in [2.05, 4.69) is 20.6 Å². The lowest BCUT2D eigenvalue weighted by atomic mass is 10.0. The molecule has 0 saturated carbocycles. The molecule has 1 aromatic carbocycles. The number of fused-ring (bicyclic) bond motifs is 1. The summed E-state index contributed by atoms with van der Waals surface area (Å²) in [6.07, 6.45) is -1.40. The van der Waals surface area contributed by atoms with Crippen LogP contribution in [-0.4, -0.2) is 9.97 Å². The molecule has 0 saturated heterocycles. The van der Waals surface area contributed by atoms with Crippen LogP contribution in [0.15, 0.2) is 24.5 Å². The van der Waals surface area contributed by atoms with Gasteiger partial charge in [0, 0.05) is 24.2 Å². The van der Waals surface area contributed by atoms with Crippen molar-refractivity contribution in [1.82, 2.24) is 15.3 Å². The van der Waals surface area contributed by atoms with Gasteiger partial charge in [-0.1, -0.05) is 18.2 Å². The van der Waals surface area contributed by atoms with Crippen molar-refractivity contribution in [2.45, 2.75) is 32.5 Å². The van der Waals surface area contributed by atoms with Gasteiger partial charge in [-0.25, -0.2) is 23.1 Å². The van der Waals surface area contributed by atoms with E-state index in [1.165, 1.54) is 18.5 Å². The first-order valence-corrected chi connectivity index (χ1v) is 6.94. The Kier molecular flexibility index (Phi) is 3.98. The SMILES string of the molecule is C[C@@H](Nc1ncnc2c1CNC2)c1cccc(C(F)F)c1F. The predicted molar refractivity (Wildman–Crippen MR) is 76.0 cm³/mol. The molecule has 0 unspecified atom stereocenters. The van der Waals surface area contributed by atoms with Gasteiger partial charge in [0.15, 0.2) is 0 Å². The second-order valence-corrected chi connectivity index (χ2v) is 5.17. The summed E-state index contributed by atoms with van der Waals surface area (Å²) < 4.78 is 39.8. The molecule has 2 N–H and O–H groups in total. The first-order chi connectivity index (χ1) is 10.6. The zero-order chi connectivity index (χ0) is 15.7. The third-order valence-electron chi connectivity index (χ3n) is 3.74. The van der Waals surface area contributed by atoms with Crippen molar-refractivity contribution >= 4 is 5.82 Å². The summed E-state index contributed by atoms with van der Waals surface area (Å²) >= 11 is 0. The van der Waals surface area contributed by atoms with Crippen molar-refractivity contribution < 1.29 is 13.2 Å². The van der Waals surface area contributed by atoms with Crippen LogP contribution in [0.3, 0.4) is 0 Å². The Balaban J connectivity index is 1.88. The molecule has 0 radical (unpaired) electrons. The minimum Gasteiger partial charge on any atom is -0.363 e. The highest BCUT2D eigenvalue weighted by Gasteiger charge is 2.22. The number of benzene rings is 1. The van der Waals surface area contributed by atoms with Crippen LogP contribution in [0.5, 0.6) is 0 Å². The first kappa shape index (κ1) is 14.8. The van der Waals surface area contributed by atoms with Gasteiger partial charge in [0.2, 0.25) is 0 Å². The molecule has 1 atom stereocenters. The monoisotopic (exact) mass is 308 g/mol. The quantitative estimate of drug-likeness (QED) is 0.909. The molecule has 1 aliphatic heterocycles. The Morgan fingerprint density at radius 2 is 1.95 bits per heavy atom. The third-order valence-corrected chi connectivity index (χ3v) is 3.74. The van der Waals surface area contributed by atoms with E-state index in [1.54, 1.807) is 6.92 Å². The number of nitrogens with one attached hydrogen (secondary N) is 2. The second-order valence-electron chi connectivity index (χ2n) is 5.17. The molecule has 4 nitrogen and oxygen atoms in total. The molecule has 0 bridgehead atoms. The fourth-order valence-electron chi connectivity index (χ4n) is 2.57. The molecule has 0 aliphatic carbocycles. The molecule has 1 aromatic heterocycles. The van der Waals surface area contributed by atoms with E-state index in [0.717, 1.165) is 17.3 Å². The van der Waals surface area contributed by atoms with Crippen LogP contribution in [-0.2, 0) is 13.1 Å². The van der Waals surface area contributed by atoms with Crippen LogP contribution in [0, 0.1) is 5.82 Å². The lowest BCUT2D eigenvalue weighted by Gasteiger charge is -2.18. The highest BCUT2D eigenvalue weighted by atomic mass is 19.3. The van der Waals surface area contributed by atoms with Gasteiger partial charge in [-0.05, 0) is 6.92 Å². The van der Waals surface area contributed by atoms with E-state index in [1.807, 2.05) is 0 Å². The van der Waals surface area contributed by atoms with E-state index in [4.69, 9.17) is 0 Å². The zero-order valence-corrected chi connectivity index (χ0v) is 11.9. The zero-order valence-electron chi connectivity index (χ0n) is 11.9. The predicted octanol–water partition coefficient (Wildman–Crippen LogP) is 3.33.